The van der Waals surface area contributed by atoms with Crippen molar-refractivity contribution >= 4 is 23.0 Å². The Morgan fingerprint density at radius 3 is 1.15 bits per heavy atom. The van der Waals surface area contributed by atoms with Crippen molar-refractivity contribution in [3.63, 3.8) is 0 Å². The molecule has 13 heteroatoms. The van der Waals surface area contributed by atoms with Crippen LogP contribution in [0.5, 0.6) is 11.5 Å². The molecule has 0 amide bonds. The van der Waals surface area contributed by atoms with Gasteiger partial charge in [0, 0.05) is 22.3 Å². The van der Waals surface area contributed by atoms with Gasteiger partial charge in [0.15, 0.2) is 34.7 Å². The van der Waals surface area contributed by atoms with Gasteiger partial charge < -0.3 is 33.9 Å². The summed E-state index contributed by atoms with van der Waals surface area (Å²) >= 11 is 0. The monoisotopic (exact) mass is 972 g/mol. The van der Waals surface area contributed by atoms with E-state index in [9.17, 15) is 8.78 Å². The first-order chi connectivity index (χ1) is 35.5. The number of nitrogens with zero attached hydrogens (tertiary/aromatic N) is 4. The first-order valence-corrected chi connectivity index (χ1v) is 23.7. The molecule has 0 aliphatic heterocycles. The van der Waals surface area contributed by atoms with Crippen LogP contribution in [0.2, 0.25) is 0 Å². The average molecular weight is 973 g/mol. The number of pyridine rings is 2. The number of halogens is 2. The van der Waals surface area contributed by atoms with E-state index in [0.717, 1.165) is 44.5 Å². The van der Waals surface area contributed by atoms with E-state index in [1.54, 1.807) is 24.3 Å². The van der Waals surface area contributed by atoms with Crippen LogP contribution in [0.4, 0.5) is 31.8 Å². The molecule has 364 valence electrons. The second-order valence-electron chi connectivity index (χ2n) is 17.5. The summed E-state index contributed by atoms with van der Waals surface area (Å²) in [6.45, 7) is 7.87. The van der Waals surface area contributed by atoms with Crippen molar-refractivity contribution in [1.29, 1.82) is 0 Å². The first kappa shape index (κ1) is 47.7. The molecular weight excluding hydrogens is 923 g/mol. The molecule has 10 aromatic rings. The summed E-state index contributed by atoms with van der Waals surface area (Å²) in [5, 5.41) is 15.2. The maximum atomic E-state index is 14.5. The molecule has 0 saturated carbocycles. The first-order valence-electron chi connectivity index (χ1n) is 23.7. The molecule has 4 aromatic heterocycles. The van der Waals surface area contributed by atoms with Crippen molar-refractivity contribution in [1.82, 2.24) is 20.3 Å². The third-order valence-corrected chi connectivity index (χ3v) is 12.8. The fraction of sp³-hybridized carbons (Fsp3) is 0.133. The minimum absolute atomic E-state index is 0.136. The molecule has 73 heavy (non-hydrogen) atoms. The van der Waals surface area contributed by atoms with Crippen molar-refractivity contribution in [3.05, 3.63) is 204 Å². The van der Waals surface area contributed by atoms with Gasteiger partial charge in [0.2, 0.25) is 0 Å². The lowest BCUT2D eigenvalue weighted by Crippen LogP contribution is -2.05. The Morgan fingerprint density at radius 2 is 0.781 bits per heavy atom. The number of benzene rings is 6. The van der Waals surface area contributed by atoms with E-state index in [4.69, 9.17) is 33.2 Å². The van der Waals surface area contributed by atoms with Crippen molar-refractivity contribution in [2.24, 2.45) is 0 Å². The van der Waals surface area contributed by atoms with Crippen molar-refractivity contribution in [2.75, 3.05) is 24.9 Å². The van der Waals surface area contributed by atoms with Crippen LogP contribution in [0.25, 0.3) is 67.4 Å². The van der Waals surface area contributed by atoms with E-state index in [2.05, 4.69) is 108 Å². The van der Waals surface area contributed by atoms with Gasteiger partial charge in [-0.2, -0.15) is 0 Å². The predicted octanol–water partition coefficient (Wildman–Crippen LogP) is 15.7. The van der Waals surface area contributed by atoms with E-state index in [1.165, 1.54) is 26.4 Å². The molecule has 2 atom stereocenters. The summed E-state index contributed by atoms with van der Waals surface area (Å²) in [4.78, 5) is 9.48. The van der Waals surface area contributed by atoms with Crippen molar-refractivity contribution in [2.45, 2.75) is 39.9 Å². The Labute approximate surface area is 421 Å². The van der Waals surface area contributed by atoms with Crippen LogP contribution in [0.3, 0.4) is 0 Å². The summed E-state index contributed by atoms with van der Waals surface area (Å²) in [5.74, 6) is 1.61. The number of aromatic nitrogens is 4. The van der Waals surface area contributed by atoms with E-state index in [-0.39, 0.29) is 23.7 Å². The summed E-state index contributed by atoms with van der Waals surface area (Å²) in [6.07, 6.45) is -0.303. The van der Waals surface area contributed by atoms with Crippen molar-refractivity contribution in [3.8, 4) is 78.9 Å². The lowest BCUT2D eigenvalue weighted by molar-refractivity contribution is 0.00587. The van der Waals surface area contributed by atoms with Crippen LogP contribution in [0.15, 0.2) is 179 Å². The predicted molar refractivity (Wildman–Crippen MR) is 281 cm³/mol. The lowest BCUT2D eigenvalue weighted by Gasteiger charge is -2.20. The molecule has 2 N–H and O–H groups in total. The van der Waals surface area contributed by atoms with Gasteiger partial charge in [0.1, 0.15) is 34.4 Å². The van der Waals surface area contributed by atoms with Crippen molar-refractivity contribution < 1.29 is 32.0 Å². The van der Waals surface area contributed by atoms with Gasteiger partial charge in [0.05, 0.1) is 37.8 Å². The summed E-state index contributed by atoms with van der Waals surface area (Å²) < 4.78 is 57.8. The number of hydrogen-bond acceptors (Lipinski definition) is 11. The number of aryl methyl sites for hydroxylation is 2. The number of methoxy groups -OCH3 is 2. The Kier molecular flexibility index (Phi) is 13.6. The van der Waals surface area contributed by atoms with Crippen LogP contribution in [0.1, 0.15) is 48.6 Å². The number of ether oxygens (including phenoxy) is 3. The number of rotatable bonds is 16. The second-order valence-corrected chi connectivity index (χ2v) is 17.5. The molecule has 0 aliphatic carbocycles. The molecule has 0 saturated heterocycles. The largest absolute Gasteiger partial charge is 0.493 e. The summed E-state index contributed by atoms with van der Waals surface area (Å²) in [7, 11) is 2.88. The Hall–Kier alpha value is -8.94. The average Bonchev–Trinajstić information content (AvgIpc) is 3.98. The lowest BCUT2D eigenvalue weighted by atomic mass is 9.99. The minimum atomic E-state index is -0.456. The molecular formula is C60H50F2N6O5. The highest BCUT2D eigenvalue weighted by atomic mass is 19.1. The van der Waals surface area contributed by atoms with Crippen LogP contribution >= 0.6 is 0 Å². The third kappa shape index (κ3) is 10.0. The normalized spacial score (nSPS) is 12.1. The van der Waals surface area contributed by atoms with Gasteiger partial charge in [0.25, 0.3) is 0 Å². The Morgan fingerprint density at radius 1 is 0.438 bits per heavy atom. The highest BCUT2D eigenvalue weighted by molar-refractivity contribution is 5.82. The van der Waals surface area contributed by atoms with Gasteiger partial charge in [-0.1, -0.05) is 132 Å². The number of para-hydroxylation sites is 2. The standard InChI is InChI=1S/C60H50F2N6O5/c1-35-55(65-53-17-9-15-51(63-53)47-11-7-13-49(61)59(47)69-5)57(72-67-35)45-31-27-43(28-32-45)41-23-19-39(20-24-41)37(3)71-38(4)40-21-25-42(26-22-40)44-29-33-46(34-30-44)58-56(36(2)68-73-58)66-54-18-10-16-52(64-54)48-12-8-14-50(62)60(48)70-6/h7-34,37-38H,1-6H3,(H,63,65)(H,64,66). The molecule has 0 fully saturated rings. The maximum Gasteiger partial charge on any atom is 0.190 e. The molecule has 0 bridgehead atoms. The Balaban J connectivity index is 0.757. The highest BCUT2D eigenvalue weighted by Gasteiger charge is 2.21. The molecule has 0 spiro atoms. The number of nitrogens with one attached hydrogen (secondary N) is 2. The molecule has 4 heterocycles. The summed E-state index contributed by atoms with van der Waals surface area (Å²) in [5.41, 5.74) is 13.0. The third-order valence-electron chi connectivity index (χ3n) is 12.8. The van der Waals surface area contributed by atoms with Gasteiger partial charge in [-0.3, -0.25) is 0 Å². The molecule has 0 radical (unpaired) electrons. The minimum Gasteiger partial charge on any atom is -0.493 e. The smallest absolute Gasteiger partial charge is 0.190 e. The fourth-order valence-electron chi connectivity index (χ4n) is 8.81. The van der Waals surface area contributed by atoms with Crippen LogP contribution in [-0.4, -0.2) is 34.5 Å². The van der Waals surface area contributed by atoms with Crippen LogP contribution in [0, 0.1) is 25.5 Å². The van der Waals surface area contributed by atoms with E-state index < -0.39 is 11.6 Å². The van der Waals surface area contributed by atoms with E-state index >= 15 is 0 Å². The molecule has 2 unspecified atom stereocenters. The highest BCUT2D eigenvalue weighted by Crippen LogP contribution is 2.39. The molecule has 6 aromatic carbocycles. The van der Waals surface area contributed by atoms with Gasteiger partial charge in [-0.15, -0.1) is 0 Å². The SMILES string of the molecule is COc1c(F)cccc1-c1cccc(Nc2c(C)noc2-c2ccc(-c3ccc(C(C)OC(C)c4ccc(-c5ccc(-c6onc(C)c6Nc6cccc(-c7cccc(F)c7OC)n6)cc5)cc4)cc3)cc2)n1. The topological polar surface area (TPSA) is 130 Å². The zero-order valence-electron chi connectivity index (χ0n) is 40.9. The zero-order valence-corrected chi connectivity index (χ0v) is 40.9. The zero-order chi connectivity index (χ0) is 50.6. The second kappa shape index (κ2) is 20.8. The van der Waals surface area contributed by atoms with E-state index in [1.807, 2.05) is 74.5 Å². The number of hydrogen-bond donors (Lipinski definition) is 2. The molecule has 10 rings (SSSR count). The summed E-state index contributed by atoms with van der Waals surface area (Å²) in [6, 6.07) is 53.6. The van der Waals surface area contributed by atoms with Crippen LogP contribution in [-0.2, 0) is 4.74 Å². The quantitative estimate of drug-likeness (QED) is 0.0960. The van der Waals surface area contributed by atoms with Crippen LogP contribution < -0.4 is 20.1 Å². The Bertz CT molecular complexity index is 3310. The van der Waals surface area contributed by atoms with Gasteiger partial charge in [-0.05, 0) is 110 Å². The molecule has 0 aliphatic rings. The molecule has 11 nitrogen and oxygen atoms in total. The maximum absolute atomic E-state index is 14.5. The number of anilines is 4. The van der Waals surface area contributed by atoms with E-state index in [0.29, 0.717) is 68.4 Å². The van der Waals surface area contributed by atoms with Gasteiger partial charge in [-0.25, -0.2) is 18.7 Å². The fourth-order valence-corrected chi connectivity index (χ4v) is 8.81. The van der Waals surface area contributed by atoms with Gasteiger partial charge >= 0.3 is 0 Å².